The number of nitro groups is 1. The second-order valence-corrected chi connectivity index (χ2v) is 4.55. The molecule has 126 valence electrons. The van der Waals surface area contributed by atoms with Crippen molar-refractivity contribution in [3.8, 4) is 5.75 Å². The van der Waals surface area contributed by atoms with Crippen molar-refractivity contribution in [2.24, 2.45) is 0 Å². The Morgan fingerprint density at radius 2 is 1.92 bits per heavy atom. The van der Waals surface area contributed by atoms with E-state index >= 15 is 0 Å². The number of carbonyl (C=O) groups excluding carboxylic acids is 1. The summed E-state index contributed by atoms with van der Waals surface area (Å²) in [6, 6.07) is 4.88. The first-order chi connectivity index (χ1) is 11.3. The molecule has 0 saturated carbocycles. The van der Waals surface area contributed by atoms with Gasteiger partial charge in [-0.15, -0.1) is 0 Å². The van der Waals surface area contributed by atoms with E-state index in [0.717, 1.165) is 12.1 Å². The van der Waals surface area contributed by atoms with Crippen LogP contribution in [0.25, 0.3) is 0 Å². The normalized spacial score (nSPS) is 10.3. The molecule has 24 heavy (non-hydrogen) atoms. The van der Waals surface area contributed by atoms with Gasteiger partial charge >= 0.3 is 5.69 Å². The summed E-state index contributed by atoms with van der Waals surface area (Å²) < 4.78 is 44.6. The highest BCUT2D eigenvalue weighted by atomic mass is 19.2. The zero-order valence-electron chi connectivity index (χ0n) is 12.3. The fraction of sp³-hybridized carbons (Fsp3) is 0.133. The fourth-order valence-corrected chi connectivity index (χ4v) is 1.90. The van der Waals surface area contributed by atoms with Crippen molar-refractivity contribution in [2.75, 3.05) is 11.9 Å². The van der Waals surface area contributed by atoms with Crippen molar-refractivity contribution in [3.05, 3.63) is 63.5 Å². The summed E-state index contributed by atoms with van der Waals surface area (Å²) in [6.45, 7) is 1.82. The molecule has 1 amide bonds. The van der Waals surface area contributed by atoms with Crippen LogP contribution in [-0.2, 0) is 0 Å². The summed E-state index contributed by atoms with van der Waals surface area (Å²) in [5, 5.41) is 13.0. The van der Waals surface area contributed by atoms with Gasteiger partial charge in [0.2, 0.25) is 0 Å². The van der Waals surface area contributed by atoms with Crippen LogP contribution in [-0.4, -0.2) is 17.4 Å². The van der Waals surface area contributed by atoms with Gasteiger partial charge in [-0.25, -0.2) is 13.2 Å². The Balaban J connectivity index is 2.32. The van der Waals surface area contributed by atoms with E-state index in [4.69, 9.17) is 4.74 Å². The number of amides is 1. The number of nitrogens with zero attached hydrogens (tertiary/aromatic N) is 1. The number of halogens is 3. The highest BCUT2D eigenvalue weighted by Gasteiger charge is 2.20. The van der Waals surface area contributed by atoms with Crippen LogP contribution >= 0.6 is 0 Å². The largest absolute Gasteiger partial charge is 0.487 e. The predicted molar refractivity (Wildman–Crippen MR) is 78.5 cm³/mol. The molecular weight excluding hydrogens is 329 g/mol. The number of ether oxygens (including phenoxy) is 1. The van der Waals surface area contributed by atoms with Gasteiger partial charge in [-0.3, -0.25) is 14.9 Å². The molecule has 9 heteroatoms. The smallest absolute Gasteiger partial charge is 0.311 e. The molecule has 0 heterocycles. The highest BCUT2D eigenvalue weighted by molar-refractivity contribution is 6.04. The van der Waals surface area contributed by atoms with E-state index in [-0.39, 0.29) is 17.9 Å². The first kappa shape index (κ1) is 17.3. The fourth-order valence-electron chi connectivity index (χ4n) is 1.90. The predicted octanol–water partition coefficient (Wildman–Crippen LogP) is 3.66. The number of hydrogen-bond acceptors (Lipinski definition) is 4. The van der Waals surface area contributed by atoms with E-state index < -0.39 is 39.7 Å². The molecule has 0 aromatic heterocycles. The Kier molecular flexibility index (Phi) is 5.02. The van der Waals surface area contributed by atoms with Gasteiger partial charge in [0.15, 0.2) is 23.2 Å². The number of anilines is 1. The summed E-state index contributed by atoms with van der Waals surface area (Å²) in [5.41, 5.74) is -1.21. The zero-order chi connectivity index (χ0) is 17.9. The van der Waals surface area contributed by atoms with Gasteiger partial charge in [0, 0.05) is 11.6 Å². The molecule has 0 atom stereocenters. The third-order valence-corrected chi connectivity index (χ3v) is 3.00. The molecule has 1 N–H and O–H groups in total. The number of carbonyl (C=O) groups is 1. The molecule has 0 unspecified atom stereocenters. The minimum atomic E-state index is -1.73. The highest BCUT2D eigenvalue weighted by Crippen LogP contribution is 2.28. The Morgan fingerprint density at radius 3 is 2.54 bits per heavy atom. The molecule has 2 aromatic rings. The van der Waals surface area contributed by atoms with Crippen molar-refractivity contribution >= 4 is 17.3 Å². The van der Waals surface area contributed by atoms with Gasteiger partial charge in [-0.1, -0.05) is 0 Å². The monoisotopic (exact) mass is 340 g/mol. The average Bonchev–Trinajstić information content (AvgIpc) is 2.55. The minimum absolute atomic E-state index is 0.0296. The molecule has 0 spiro atoms. The van der Waals surface area contributed by atoms with Crippen LogP contribution in [0.5, 0.6) is 5.75 Å². The molecule has 2 rings (SSSR count). The maximum atomic E-state index is 13.6. The number of rotatable bonds is 5. The van der Waals surface area contributed by atoms with Crippen LogP contribution in [0.1, 0.15) is 17.3 Å². The van der Waals surface area contributed by atoms with E-state index in [1.807, 2.05) is 5.32 Å². The van der Waals surface area contributed by atoms with Gasteiger partial charge in [-0.2, -0.15) is 0 Å². The van der Waals surface area contributed by atoms with Crippen LogP contribution in [0.2, 0.25) is 0 Å². The number of benzene rings is 2. The summed E-state index contributed by atoms with van der Waals surface area (Å²) >= 11 is 0. The van der Waals surface area contributed by atoms with Crippen LogP contribution in [0, 0.1) is 27.6 Å². The summed E-state index contributed by atoms with van der Waals surface area (Å²) in [4.78, 5) is 22.3. The van der Waals surface area contributed by atoms with Gasteiger partial charge in [0.25, 0.3) is 5.91 Å². The van der Waals surface area contributed by atoms with Crippen molar-refractivity contribution < 1.29 is 27.6 Å². The lowest BCUT2D eigenvalue weighted by Crippen LogP contribution is -2.14. The van der Waals surface area contributed by atoms with E-state index in [0.29, 0.717) is 6.07 Å². The van der Waals surface area contributed by atoms with Gasteiger partial charge in [-0.05, 0) is 31.2 Å². The topological polar surface area (TPSA) is 81.5 Å². The number of nitrogens with one attached hydrogen (secondary N) is 1. The molecule has 0 saturated heterocycles. The van der Waals surface area contributed by atoms with Crippen molar-refractivity contribution in [1.29, 1.82) is 0 Å². The Hall–Kier alpha value is -3.10. The lowest BCUT2D eigenvalue weighted by molar-refractivity contribution is -0.385. The van der Waals surface area contributed by atoms with Crippen molar-refractivity contribution in [2.45, 2.75) is 6.92 Å². The Morgan fingerprint density at radius 1 is 1.21 bits per heavy atom. The molecule has 0 aliphatic heterocycles. The van der Waals surface area contributed by atoms with Crippen LogP contribution in [0.4, 0.5) is 24.5 Å². The van der Waals surface area contributed by atoms with E-state index in [1.165, 1.54) is 12.1 Å². The second kappa shape index (κ2) is 6.99. The van der Waals surface area contributed by atoms with Gasteiger partial charge < -0.3 is 10.1 Å². The quantitative estimate of drug-likeness (QED) is 0.512. The maximum absolute atomic E-state index is 13.6. The number of hydrogen-bond donors (Lipinski definition) is 1. The maximum Gasteiger partial charge on any atom is 0.311 e. The Bertz CT molecular complexity index is 812. The summed E-state index contributed by atoms with van der Waals surface area (Å²) in [6.07, 6.45) is 0. The zero-order valence-corrected chi connectivity index (χ0v) is 12.3. The molecule has 6 nitrogen and oxygen atoms in total. The van der Waals surface area contributed by atoms with Gasteiger partial charge in [0.05, 0.1) is 17.2 Å². The molecule has 0 aliphatic carbocycles. The van der Waals surface area contributed by atoms with Crippen LogP contribution in [0.15, 0.2) is 30.3 Å². The summed E-state index contributed by atoms with van der Waals surface area (Å²) in [5.74, 6) is -5.65. The third kappa shape index (κ3) is 3.45. The molecule has 0 bridgehead atoms. The molecule has 2 aromatic carbocycles. The third-order valence-electron chi connectivity index (χ3n) is 3.00. The van der Waals surface area contributed by atoms with E-state index in [2.05, 4.69) is 0 Å². The minimum Gasteiger partial charge on any atom is -0.487 e. The SMILES string of the molecule is CCOc1ccc(C(=O)Nc2ccc(F)c(F)c2F)cc1[N+](=O)[O-]. The van der Waals surface area contributed by atoms with Crippen LogP contribution < -0.4 is 10.1 Å². The molecule has 0 aliphatic rings. The lowest BCUT2D eigenvalue weighted by Gasteiger charge is -2.09. The molecule has 0 fully saturated rings. The van der Waals surface area contributed by atoms with E-state index in [9.17, 15) is 28.1 Å². The van der Waals surface area contributed by atoms with Gasteiger partial charge in [0.1, 0.15) is 0 Å². The first-order valence-corrected chi connectivity index (χ1v) is 6.71. The van der Waals surface area contributed by atoms with Crippen LogP contribution in [0.3, 0.4) is 0 Å². The summed E-state index contributed by atoms with van der Waals surface area (Å²) in [7, 11) is 0. The first-order valence-electron chi connectivity index (χ1n) is 6.71. The lowest BCUT2D eigenvalue weighted by atomic mass is 10.1. The number of nitro benzene ring substituents is 1. The standard InChI is InChI=1S/C15H11F3N2O4/c1-2-24-12-6-3-8(7-11(12)20(22)23)15(21)19-10-5-4-9(16)13(17)14(10)18/h3-7H,2H2,1H3,(H,19,21). The van der Waals surface area contributed by atoms with E-state index in [1.54, 1.807) is 6.92 Å². The Labute approximate surface area is 134 Å². The average molecular weight is 340 g/mol. The molecular formula is C15H11F3N2O4. The van der Waals surface area contributed by atoms with Crippen molar-refractivity contribution in [3.63, 3.8) is 0 Å². The van der Waals surface area contributed by atoms with Crippen molar-refractivity contribution in [1.82, 2.24) is 0 Å². The second-order valence-electron chi connectivity index (χ2n) is 4.55. The molecule has 0 radical (unpaired) electrons.